The molecule has 0 spiro atoms. The first-order valence-corrected chi connectivity index (χ1v) is 7.89. The monoisotopic (exact) mass is 310 g/mol. The van der Waals surface area contributed by atoms with Crippen molar-refractivity contribution in [1.29, 1.82) is 0 Å². The molecule has 0 unspecified atom stereocenters. The third-order valence-corrected chi connectivity index (χ3v) is 4.08. The molecule has 1 aliphatic heterocycles. The van der Waals surface area contributed by atoms with Crippen LogP contribution in [-0.4, -0.2) is 43.7 Å². The van der Waals surface area contributed by atoms with Crippen LogP contribution in [0.4, 0.5) is 5.69 Å². The largest absolute Gasteiger partial charge is 0.384 e. The van der Waals surface area contributed by atoms with Gasteiger partial charge >= 0.3 is 0 Å². The molecule has 0 saturated carbocycles. The second-order valence-electron chi connectivity index (χ2n) is 5.34. The molecule has 1 aliphatic rings. The SMILES string of the molecule is CCCNc1ccc(Cl)cc1C(=O)N1CCC(OC)CC1. The molecule has 0 bridgehead atoms. The molecule has 0 atom stereocenters. The van der Waals surface area contributed by atoms with Crippen LogP contribution in [-0.2, 0) is 4.74 Å². The molecule has 1 saturated heterocycles. The van der Waals surface area contributed by atoms with Gasteiger partial charge in [0, 0.05) is 37.5 Å². The Bertz CT molecular complexity index is 485. The molecular weight excluding hydrogens is 288 g/mol. The maximum absolute atomic E-state index is 12.7. The molecule has 116 valence electrons. The number of carbonyl (C=O) groups is 1. The van der Waals surface area contributed by atoms with Crippen molar-refractivity contribution in [2.24, 2.45) is 0 Å². The highest BCUT2D eigenvalue weighted by atomic mass is 35.5. The van der Waals surface area contributed by atoms with E-state index in [2.05, 4.69) is 12.2 Å². The third-order valence-electron chi connectivity index (χ3n) is 3.84. The lowest BCUT2D eigenvalue weighted by Gasteiger charge is -2.31. The van der Waals surface area contributed by atoms with Gasteiger partial charge in [-0.1, -0.05) is 18.5 Å². The van der Waals surface area contributed by atoms with Gasteiger partial charge in [0.25, 0.3) is 5.91 Å². The second kappa shape index (κ2) is 7.66. The number of benzene rings is 1. The molecule has 4 nitrogen and oxygen atoms in total. The fraction of sp³-hybridized carbons (Fsp3) is 0.562. The van der Waals surface area contributed by atoms with Crippen molar-refractivity contribution in [3.8, 4) is 0 Å². The number of hydrogen-bond donors (Lipinski definition) is 1. The summed E-state index contributed by atoms with van der Waals surface area (Å²) in [5.41, 5.74) is 1.52. The maximum Gasteiger partial charge on any atom is 0.256 e. The van der Waals surface area contributed by atoms with Gasteiger partial charge < -0.3 is 15.0 Å². The highest BCUT2D eigenvalue weighted by Crippen LogP contribution is 2.24. The standard InChI is InChI=1S/C16H23ClN2O2/c1-3-8-18-15-5-4-12(17)11-14(15)16(20)19-9-6-13(21-2)7-10-19/h4-5,11,13,18H,3,6-10H2,1-2H3. The first-order chi connectivity index (χ1) is 10.2. The van der Waals surface area contributed by atoms with Crippen molar-refractivity contribution in [2.45, 2.75) is 32.3 Å². The summed E-state index contributed by atoms with van der Waals surface area (Å²) >= 11 is 6.06. The van der Waals surface area contributed by atoms with E-state index in [0.29, 0.717) is 10.6 Å². The first-order valence-electron chi connectivity index (χ1n) is 7.51. The van der Waals surface area contributed by atoms with Gasteiger partial charge in [-0.2, -0.15) is 0 Å². The van der Waals surface area contributed by atoms with Gasteiger partial charge in [0.2, 0.25) is 0 Å². The number of likely N-dealkylation sites (tertiary alicyclic amines) is 1. The summed E-state index contributed by atoms with van der Waals surface area (Å²) < 4.78 is 5.35. The zero-order valence-electron chi connectivity index (χ0n) is 12.7. The minimum absolute atomic E-state index is 0.0469. The van der Waals surface area contributed by atoms with Gasteiger partial charge in [0.15, 0.2) is 0 Å². The van der Waals surface area contributed by atoms with E-state index in [0.717, 1.165) is 44.6 Å². The molecule has 1 amide bonds. The topological polar surface area (TPSA) is 41.6 Å². The number of nitrogens with one attached hydrogen (secondary N) is 1. The Morgan fingerprint density at radius 2 is 2.14 bits per heavy atom. The van der Waals surface area contributed by atoms with Crippen molar-refractivity contribution in [3.05, 3.63) is 28.8 Å². The van der Waals surface area contributed by atoms with Crippen LogP contribution in [0.3, 0.4) is 0 Å². The smallest absolute Gasteiger partial charge is 0.256 e. The number of carbonyl (C=O) groups excluding carboxylic acids is 1. The lowest BCUT2D eigenvalue weighted by atomic mass is 10.1. The summed E-state index contributed by atoms with van der Waals surface area (Å²) in [4.78, 5) is 14.6. The molecule has 5 heteroatoms. The lowest BCUT2D eigenvalue weighted by Crippen LogP contribution is -2.40. The number of anilines is 1. The average molecular weight is 311 g/mol. The van der Waals surface area contributed by atoms with Crippen molar-refractivity contribution in [1.82, 2.24) is 4.90 Å². The van der Waals surface area contributed by atoms with Crippen molar-refractivity contribution in [2.75, 3.05) is 32.1 Å². The predicted molar refractivity (Wildman–Crippen MR) is 86.2 cm³/mol. The van der Waals surface area contributed by atoms with E-state index in [4.69, 9.17) is 16.3 Å². The quantitative estimate of drug-likeness (QED) is 0.906. The molecule has 2 rings (SSSR count). The van der Waals surface area contributed by atoms with Gasteiger partial charge in [0.05, 0.1) is 11.7 Å². The van der Waals surface area contributed by atoms with Gasteiger partial charge in [-0.05, 0) is 37.5 Å². The zero-order chi connectivity index (χ0) is 15.2. The van der Waals surface area contributed by atoms with Gasteiger partial charge in [-0.25, -0.2) is 0 Å². The number of methoxy groups -OCH3 is 1. The Morgan fingerprint density at radius 1 is 1.43 bits per heavy atom. The summed E-state index contributed by atoms with van der Waals surface area (Å²) in [5, 5.41) is 3.89. The van der Waals surface area contributed by atoms with Crippen LogP contribution < -0.4 is 5.32 Å². The summed E-state index contributed by atoms with van der Waals surface area (Å²) in [5.74, 6) is 0.0469. The maximum atomic E-state index is 12.7. The van der Waals surface area contributed by atoms with Crippen LogP contribution in [0, 0.1) is 0 Å². The zero-order valence-corrected chi connectivity index (χ0v) is 13.4. The van der Waals surface area contributed by atoms with Crippen LogP contribution in [0.15, 0.2) is 18.2 Å². The molecule has 0 aliphatic carbocycles. The minimum Gasteiger partial charge on any atom is -0.384 e. The molecule has 1 N–H and O–H groups in total. The van der Waals surface area contributed by atoms with Crippen molar-refractivity contribution in [3.63, 3.8) is 0 Å². The molecule has 1 fully saturated rings. The van der Waals surface area contributed by atoms with Crippen LogP contribution >= 0.6 is 11.6 Å². The summed E-state index contributed by atoms with van der Waals surface area (Å²) in [6.45, 7) is 4.40. The Kier molecular flexibility index (Phi) is 5.88. The first kappa shape index (κ1) is 16.1. The molecule has 1 heterocycles. The third kappa shape index (κ3) is 4.11. The van der Waals surface area contributed by atoms with Gasteiger partial charge in [-0.3, -0.25) is 4.79 Å². The molecule has 0 radical (unpaired) electrons. The Hall–Kier alpha value is -1.26. The van der Waals surface area contributed by atoms with Crippen molar-refractivity contribution >= 4 is 23.2 Å². The van der Waals surface area contributed by atoms with Gasteiger partial charge in [-0.15, -0.1) is 0 Å². The van der Waals surface area contributed by atoms with E-state index in [1.807, 2.05) is 17.0 Å². The van der Waals surface area contributed by atoms with Crippen LogP contribution in [0.5, 0.6) is 0 Å². The Balaban J connectivity index is 2.12. The van der Waals surface area contributed by atoms with Gasteiger partial charge in [0.1, 0.15) is 0 Å². The number of hydrogen-bond acceptors (Lipinski definition) is 3. The number of ether oxygens (including phenoxy) is 1. The van der Waals surface area contributed by atoms with E-state index in [9.17, 15) is 4.79 Å². The fourth-order valence-electron chi connectivity index (χ4n) is 2.57. The number of rotatable bonds is 5. The van der Waals surface area contributed by atoms with E-state index in [1.54, 1.807) is 13.2 Å². The van der Waals surface area contributed by atoms with E-state index >= 15 is 0 Å². The Labute approximate surface area is 131 Å². The molecular formula is C16H23ClN2O2. The summed E-state index contributed by atoms with van der Waals surface area (Å²) in [6, 6.07) is 5.45. The summed E-state index contributed by atoms with van der Waals surface area (Å²) in [7, 11) is 1.73. The van der Waals surface area contributed by atoms with Crippen LogP contribution in [0.1, 0.15) is 36.5 Å². The average Bonchev–Trinajstić information content (AvgIpc) is 2.53. The molecule has 0 aromatic heterocycles. The fourth-order valence-corrected chi connectivity index (χ4v) is 2.74. The number of amides is 1. The minimum atomic E-state index is 0.0469. The predicted octanol–water partition coefficient (Wildman–Crippen LogP) is 3.41. The van der Waals surface area contributed by atoms with E-state index < -0.39 is 0 Å². The lowest BCUT2D eigenvalue weighted by molar-refractivity contribution is 0.0351. The Morgan fingerprint density at radius 3 is 2.76 bits per heavy atom. The molecule has 21 heavy (non-hydrogen) atoms. The van der Waals surface area contributed by atoms with E-state index in [-0.39, 0.29) is 12.0 Å². The number of piperidine rings is 1. The number of halogens is 1. The number of nitrogens with zero attached hydrogens (tertiary/aromatic N) is 1. The second-order valence-corrected chi connectivity index (χ2v) is 5.78. The normalized spacial score (nSPS) is 16.0. The van der Waals surface area contributed by atoms with Crippen LogP contribution in [0.25, 0.3) is 0 Å². The highest BCUT2D eigenvalue weighted by Gasteiger charge is 2.25. The molecule has 1 aromatic rings. The summed E-state index contributed by atoms with van der Waals surface area (Å²) in [6.07, 6.45) is 3.06. The van der Waals surface area contributed by atoms with Crippen molar-refractivity contribution < 1.29 is 9.53 Å². The molecule has 1 aromatic carbocycles. The highest BCUT2D eigenvalue weighted by molar-refractivity contribution is 6.31. The van der Waals surface area contributed by atoms with Crippen LogP contribution in [0.2, 0.25) is 5.02 Å². The van der Waals surface area contributed by atoms with E-state index in [1.165, 1.54) is 0 Å².